The first-order valence-electron chi connectivity index (χ1n) is 5.67. The molecular formula is C14H10F3NO2. The Labute approximate surface area is 113 Å². The standard InChI is InChI=1S/C14H10F3NO2/c1-9(19)11-5-12(8-18-7-11)10-3-2-4-13(6-10)20-14(15,16)17/h2-8H,1H3. The number of carbonyl (C=O) groups excluding carboxylic acids is 1. The molecule has 1 heterocycles. The number of alkyl halides is 3. The molecule has 0 unspecified atom stereocenters. The lowest BCUT2D eigenvalue weighted by molar-refractivity contribution is -0.274. The third kappa shape index (κ3) is 3.57. The fourth-order valence-electron chi connectivity index (χ4n) is 1.66. The molecule has 2 rings (SSSR count). The van der Waals surface area contributed by atoms with Gasteiger partial charge >= 0.3 is 6.36 Å². The van der Waals surface area contributed by atoms with Crippen LogP contribution >= 0.6 is 0 Å². The number of ketones is 1. The Morgan fingerprint density at radius 3 is 2.55 bits per heavy atom. The summed E-state index contributed by atoms with van der Waals surface area (Å²) in [4.78, 5) is 15.2. The summed E-state index contributed by atoms with van der Waals surface area (Å²) in [7, 11) is 0. The van der Waals surface area contributed by atoms with Crippen molar-refractivity contribution in [2.45, 2.75) is 13.3 Å². The van der Waals surface area contributed by atoms with E-state index in [2.05, 4.69) is 9.72 Å². The van der Waals surface area contributed by atoms with E-state index in [1.807, 2.05) is 0 Å². The second kappa shape index (κ2) is 5.32. The van der Waals surface area contributed by atoms with E-state index in [1.165, 1.54) is 37.5 Å². The summed E-state index contributed by atoms with van der Waals surface area (Å²) in [6.45, 7) is 1.39. The van der Waals surface area contributed by atoms with Crippen molar-refractivity contribution >= 4 is 5.78 Å². The molecule has 6 heteroatoms. The monoisotopic (exact) mass is 281 g/mol. The second-order valence-corrected chi connectivity index (χ2v) is 4.09. The summed E-state index contributed by atoms with van der Waals surface area (Å²) in [5.74, 6) is -0.481. The van der Waals surface area contributed by atoms with Crippen LogP contribution in [0.2, 0.25) is 0 Å². The predicted molar refractivity (Wildman–Crippen MR) is 66.4 cm³/mol. The second-order valence-electron chi connectivity index (χ2n) is 4.09. The van der Waals surface area contributed by atoms with Crippen molar-refractivity contribution < 1.29 is 22.7 Å². The lowest BCUT2D eigenvalue weighted by Crippen LogP contribution is -2.17. The molecule has 2 aromatic rings. The molecule has 1 aromatic heterocycles. The van der Waals surface area contributed by atoms with Crippen LogP contribution in [-0.2, 0) is 0 Å². The van der Waals surface area contributed by atoms with Gasteiger partial charge in [0.25, 0.3) is 0 Å². The molecule has 0 aliphatic heterocycles. The Kier molecular flexibility index (Phi) is 3.74. The van der Waals surface area contributed by atoms with Crippen molar-refractivity contribution in [2.24, 2.45) is 0 Å². The van der Waals surface area contributed by atoms with Crippen molar-refractivity contribution in [1.29, 1.82) is 0 Å². The average Bonchev–Trinajstić information content (AvgIpc) is 2.37. The van der Waals surface area contributed by atoms with E-state index in [0.717, 1.165) is 0 Å². The molecule has 0 N–H and O–H groups in total. The van der Waals surface area contributed by atoms with Crippen LogP contribution in [0.15, 0.2) is 42.7 Å². The molecule has 0 saturated carbocycles. The molecule has 3 nitrogen and oxygen atoms in total. The molecule has 0 aliphatic rings. The Morgan fingerprint density at radius 1 is 1.15 bits per heavy atom. The van der Waals surface area contributed by atoms with Crippen LogP contribution in [0.1, 0.15) is 17.3 Å². The highest BCUT2D eigenvalue weighted by Gasteiger charge is 2.31. The summed E-state index contributed by atoms with van der Waals surface area (Å²) in [5.41, 5.74) is 1.43. The van der Waals surface area contributed by atoms with E-state index in [0.29, 0.717) is 16.7 Å². The first-order valence-corrected chi connectivity index (χ1v) is 5.67. The minimum absolute atomic E-state index is 0.165. The number of ether oxygens (including phenoxy) is 1. The van der Waals surface area contributed by atoms with Gasteiger partial charge in [-0.2, -0.15) is 0 Å². The molecule has 0 spiro atoms. The van der Waals surface area contributed by atoms with Crippen LogP contribution in [0.25, 0.3) is 11.1 Å². The number of hydrogen-bond donors (Lipinski definition) is 0. The number of nitrogens with zero attached hydrogens (tertiary/aromatic N) is 1. The lowest BCUT2D eigenvalue weighted by Gasteiger charge is -2.10. The maximum absolute atomic E-state index is 12.2. The van der Waals surface area contributed by atoms with Crippen LogP contribution in [0, 0.1) is 0 Å². The number of Topliss-reactive ketones (excluding diaryl/α,β-unsaturated/α-hetero) is 1. The van der Waals surface area contributed by atoms with Crippen LogP contribution in [0.4, 0.5) is 13.2 Å². The highest BCUT2D eigenvalue weighted by molar-refractivity contribution is 5.94. The quantitative estimate of drug-likeness (QED) is 0.802. The largest absolute Gasteiger partial charge is 0.573 e. The Bertz CT molecular complexity index is 638. The van der Waals surface area contributed by atoms with Gasteiger partial charge in [-0.1, -0.05) is 12.1 Å². The van der Waals surface area contributed by atoms with Crippen molar-refractivity contribution in [3.63, 3.8) is 0 Å². The Morgan fingerprint density at radius 2 is 1.90 bits per heavy atom. The van der Waals surface area contributed by atoms with Crippen molar-refractivity contribution in [3.8, 4) is 16.9 Å². The molecule has 0 aliphatic carbocycles. The molecule has 0 atom stereocenters. The van der Waals surface area contributed by atoms with Gasteiger partial charge < -0.3 is 4.74 Å². The molecular weight excluding hydrogens is 271 g/mol. The van der Waals surface area contributed by atoms with Gasteiger partial charge in [0, 0.05) is 23.5 Å². The van der Waals surface area contributed by atoms with E-state index in [1.54, 1.807) is 12.1 Å². The summed E-state index contributed by atoms with van der Waals surface area (Å²) in [6.07, 6.45) is -1.86. The molecule has 0 saturated heterocycles. The van der Waals surface area contributed by atoms with Gasteiger partial charge in [-0.15, -0.1) is 13.2 Å². The number of rotatable bonds is 3. The van der Waals surface area contributed by atoms with Gasteiger partial charge in [0.15, 0.2) is 5.78 Å². The Balaban J connectivity index is 2.36. The number of carbonyl (C=O) groups is 1. The number of pyridine rings is 1. The highest BCUT2D eigenvalue weighted by atomic mass is 19.4. The third-order valence-corrected chi connectivity index (χ3v) is 2.55. The summed E-state index contributed by atoms with van der Waals surface area (Å²) >= 11 is 0. The lowest BCUT2D eigenvalue weighted by atomic mass is 10.0. The fourth-order valence-corrected chi connectivity index (χ4v) is 1.66. The summed E-state index contributed by atoms with van der Waals surface area (Å²) < 4.78 is 40.4. The molecule has 0 fully saturated rings. The van der Waals surface area contributed by atoms with Gasteiger partial charge in [0.05, 0.1) is 0 Å². The zero-order valence-corrected chi connectivity index (χ0v) is 10.4. The minimum atomic E-state index is -4.74. The molecule has 20 heavy (non-hydrogen) atoms. The maximum Gasteiger partial charge on any atom is 0.573 e. The SMILES string of the molecule is CC(=O)c1cncc(-c2cccc(OC(F)(F)F)c2)c1. The smallest absolute Gasteiger partial charge is 0.406 e. The molecule has 0 bridgehead atoms. The molecule has 104 valence electrons. The van der Waals surface area contributed by atoms with E-state index >= 15 is 0 Å². The summed E-state index contributed by atoms with van der Waals surface area (Å²) in [5, 5.41) is 0. The van der Waals surface area contributed by atoms with Gasteiger partial charge in [0.2, 0.25) is 0 Å². The highest BCUT2D eigenvalue weighted by Crippen LogP contribution is 2.28. The molecule has 0 amide bonds. The molecule has 0 radical (unpaired) electrons. The number of aromatic nitrogens is 1. The average molecular weight is 281 g/mol. The van der Waals surface area contributed by atoms with Gasteiger partial charge in [0.1, 0.15) is 5.75 Å². The van der Waals surface area contributed by atoms with E-state index in [9.17, 15) is 18.0 Å². The number of hydrogen-bond acceptors (Lipinski definition) is 3. The van der Waals surface area contributed by atoms with Gasteiger partial charge in [-0.3, -0.25) is 9.78 Å². The van der Waals surface area contributed by atoms with Crippen LogP contribution in [0.3, 0.4) is 0 Å². The van der Waals surface area contributed by atoms with Gasteiger partial charge in [-0.25, -0.2) is 0 Å². The van der Waals surface area contributed by atoms with Crippen LogP contribution < -0.4 is 4.74 Å². The van der Waals surface area contributed by atoms with E-state index in [-0.39, 0.29) is 11.5 Å². The maximum atomic E-state index is 12.2. The van der Waals surface area contributed by atoms with E-state index in [4.69, 9.17) is 0 Å². The zero-order valence-electron chi connectivity index (χ0n) is 10.4. The first-order chi connectivity index (χ1) is 9.35. The minimum Gasteiger partial charge on any atom is -0.406 e. The normalized spacial score (nSPS) is 11.2. The van der Waals surface area contributed by atoms with Crippen molar-refractivity contribution in [2.75, 3.05) is 0 Å². The molecule has 1 aromatic carbocycles. The van der Waals surface area contributed by atoms with Crippen molar-refractivity contribution in [3.05, 3.63) is 48.3 Å². The number of halogens is 3. The third-order valence-electron chi connectivity index (χ3n) is 2.55. The van der Waals surface area contributed by atoms with Crippen molar-refractivity contribution in [1.82, 2.24) is 4.98 Å². The van der Waals surface area contributed by atoms with Crippen LogP contribution in [0.5, 0.6) is 5.75 Å². The fraction of sp³-hybridized carbons (Fsp3) is 0.143. The Hall–Kier alpha value is -2.37. The predicted octanol–water partition coefficient (Wildman–Crippen LogP) is 3.85. The van der Waals surface area contributed by atoms with E-state index < -0.39 is 6.36 Å². The van der Waals surface area contributed by atoms with Gasteiger partial charge in [-0.05, 0) is 30.7 Å². The van der Waals surface area contributed by atoms with Crippen LogP contribution in [-0.4, -0.2) is 17.1 Å². The summed E-state index contributed by atoms with van der Waals surface area (Å²) in [6, 6.07) is 7.08. The zero-order chi connectivity index (χ0) is 14.8. The topological polar surface area (TPSA) is 39.2 Å². The first kappa shape index (κ1) is 14.0. The number of benzene rings is 1.